The van der Waals surface area contributed by atoms with Crippen molar-refractivity contribution >= 4 is 10.0 Å². The summed E-state index contributed by atoms with van der Waals surface area (Å²) >= 11 is 0. The van der Waals surface area contributed by atoms with Crippen molar-refractivity contribution in [1.29, 1.82) is 0 Å². The van der Waals surface area contributed by atoms with Crippen molar-refractivity contribution in [2.45, 2.75) is 53.9 Å². The van der Waals surface area contributed by atoms with E-state index >= 15 is 0 Å². The maximum Gasteiger partial charge on any atom is 0.460 e. The van der Waals surface area contributed by atoms with Crippen LogP contribution in [0.25, 0.3) is 0 Å². The van der Waals surface area contributed by atoms with Crippen LogP contribution < -0.4 is 0 Å². The van der Waals surface area contributed by atoms with Crippen LogP contribution in [-0.2, 0) is 10.0 Å². The normalized spacial score (nSPS) is 16.6. The van der Waals surface area contributed by atoms with E-state index in [9.17, 15) is 83.1 Å². The van der Waals surface area contributed by atoms with Gasteiger partial charge in [-0.15, -0.1) is 0 Å². The Balaban J connectivity index is 6.99. The maximum absolute atomic E-state index is 13.6. The van der Waals surface area contributed by atoms with Gasteiger partial charge in [-0.2, -0.15) is 78.9 Å². The van der Waals surface area contributed by atoms with E-state index in [-0.39, 0.29) is 7.05 Å². The van der Waals surface area contributed by atoms with Gasteiger partial charge in [0.05, 0.1) is 0 Å². The number of halogens is 17. The summed E-state index contributed by atoms with van der Waals surface area (Å²) in [5.41, 5.74) is 0. The van der Waals surface area contributed by atoms with E-state index in [4.69, 9.17) is 0 Å². The first-order valence-corrected chi connectivity index (χ1v) is 8.59. The monoisotopic (exact) mass is 541 g/mol. The number of rotatable bonds is 9. The lowest BCUT2D eigenvalue weighted by atomic mass is 9.91. The predicted molar refractivity (Wildman–Crippen MR) is 67.9 cm³/mol. The molecule has 0 spiro atoms. The van der Waals surface area contributed by atoms with Gasteiger partial charge in [-0.3, -0.25) is 0 Å². The zero-order valence-electron chi connectivity index (χ0n) is 14.8. The fourth-order valence-electron chi connectivity index (χ4n) is 1.68. The van der Waals surface area contributed by atoms with Crippen LogP contribution in [-0.4, -0.2) is 73.3 Å². The van der Waals surface area contributed by atoms with Gasteiger partial charge in [0.25, 0.3) is 10.0 Å². The first-order chi connectivity index (χ1) is 13.5. The highest BCUT2D eigenvalue weighted by Crippen LogP contribution is 2.64. The highest BCUT2D eigenvalue weighted by molar-refractivity contribution is 7.90. The molecule has 0 aliphatic carbocycles. The summed E-state index contributed by atoms with van der Waals surface area (Å²) in [6, 6.07) is 0. The minimum absolute atomic E-state index is 0.0394. The Morgan fingerprint density at radius 2 is 0.781 bits per heavy atom. The molecule has 0 aromatic rings. The Hall–Kier alpha value is -1.28. The van der Waals surface area contributed by atoms with Gasteiger partial charge in [-0.05, 0) is 0 Å². The molecule has 3 nitrogen and oxygen atoms in total. The molecule has 194 valence electrons. The molecule has 0 N–H and O–H groups in total. The average molecular weight is 541 g/mol. The third-order valence-electron chi connectivity index (χ3n) is 3.87. The van der Waals surface area contributed by atoms with E-state index in [0.717, 1.165) is 0 Å². The first kappa shape index (κ1) is 30.7. The van der Waals surface area contributed by atoms with E-state index in [0.29, 0.717) is 6.92 Å². The second-order valence-corrected chi connectivity index (χ2v) is 7.97. The van der Waals surface area contributed by atoms with Crippen molar-refractivity contribution in [3.05, 3.63) is 0 Å². The minimum Gasteiger partial charge on any atom is -0.206 e. The summed E-state index contributed by atoms with van der Waals surface area (Å²) < 4.78 is 243. The van der Waals surface area contributed by atoms with Gasteiger partial charge in [0.2, 0.25) is 0 Å². The van der Waals surface area contributed by atoms with Crippen molar-refractivity contribution in [3.8, 4) is 0 Å². The van der Waals surface area contributed by atoms with Crippen molar-refractivity contribution in [1.82, 2.24) is 4.31 Å². The molecule has 0 aromatic heterocycles. The summed E-state index contributed by atoms with van der Waals surface area (Å²) in [5.74, 6) is -51.4. The lowest BCUT2D eigenvalue weighted by molar-refractivity contribution is -0.458. The second kappa shape index (κ2) is 7.62. The molecule has 0 bridgehead atoms. The molecular formula is C11H8F17NO2S. The lowest BCUT2D eigenvalue weighted by Gasteiger charge is -2.42. The number of alkyl halides is 17. The summed E-state index contributed by atoms with van der Waals surface area (Å²) in [5, 5.41) is -7.49. The van der Waals surface area contributed by atoms with Gasteiger partial charge in [0, 0.05) is 13.6 Å². The predicted octanol–water partition coefficient (Wildman–Crippen LogP) is 5.23. The maximum atomic E-state index is 13.6. The third-order valence-corrected chi connectivity index (χ3v) is 5.86. The topological polar surface area (TPSA) is 37.4 Å². The van der Waals surface area contributed by atoms with Crippen LogP contribution in [0.5, 0.6) is 0 Å². The van der Waals surface area contributed by atoms with E-state index in [1.165, 1.54) is 0 Å². The summed E-state index contributed by atoms with van der Waals surface area (Å²) in [4.78, 5) is 0. The van der Waals surface area contributed by atoms with E-state index < -0.39 is 67.8 Å². The number of hydrogen-bond acceptors (Lipinski definition) is 2. The SMILES string of the molecule is CCN(C)S(=O)(=O)C(F)(F)C(F)(F)C(F)(F)C(F)(F)C(F)(F)C(F)(F)C(F)(F)C(F)(F)F. The Morgan fingerprint density at radius 1 is 0.531 bits per heavy atom. The molecule has 0 aliphatic heterocycles. The highest BCUT2D eigenvalue weighted by Gasteiger charge is 2.96. The van der Waals surface area contributed by atoms with Crippen LogP contribution in [0.3, 0.4) is 0 Å². The summed E-state index contributed by atoms with van der Waals surface area (Å²) in [6.07, 6.45) is -7.86. The average Bonchev–Trinajstić information content (AvgIpc) is 2.58. The van der Waals surface area contributed by atoms with Crippen LogP contribution in [0.2, 0.25) is 0 Å². The fourth-order valence-corrected chi connectivity index (χ4v) is 2.86. The molecule has 0 unspecified atom stereocenters. The minimum atomic E-state index is -8.81. The van der Waals surface area contributed by atoms with Crippen LogP contribution in [0, 0.1) is 0 Å². The van der Waals surface area contributed by atoms with Crippen LogP contribution in [0.1, 0.15) is 6.92 Å². The zero-order chi connectivity index (χ0) is 26.8. The van der Waals surface area contributed by atoms with Crippen molar-refractivity contribution in [2.75, 3.05) is 13.6 Å². The molecule has 0 saturated carbocycles. The molecule has 0 aromatic carbocycles. The van der Waals surface area contributed by atoms with E-state index in [2.05, 4.69) is 0 Å². The van der Waals surface area contributed by atoms with E-state index in [1.807, 2.05) is 0 Å². The molecule has 0 saturated heterocycles. The van der Waals surface area contributed by atoms with Gasteiger partial charge in [0.1, 0.15) is 0 Å². The molecule has 32 heavy (non-hydrogen) atoms. The van der Waals surface area contributed by atoms with Crippen LogP contribution in [0.4, 0.5) is 74.6 Å². The molecule has 21 heteroatoms. The van der Waals surface area contributed by atoms with E-state index in [1.54, 1.807) is 0 Å². The van der Waals surface area contributed by atoms with Crippen molar-refractivity contribution in [2.24, 2.45) is 0 Å². The second-order valence-electron chi connectivity index (χ2n) is 5.88. The van der Waals surface area contributed by atoms with Gasteiger partial charge in [-0.1, -0.05) is 6.92 Å². The lowest BCUT2D eigenvalue weighted by Crippen LogP contribution is -2.75. The Bertz CT molecular complexity index is 800. The molecular weight excluding hydrogens is 533 g/mol. The number of sulfonamides is 1. The Kier molecular flexibility index (Phi) is 7.32. The van der Waals surface area contributed by atoms with Crippen LogP contribution >= 0.6 is 0 Å². The van der Waals surface area contributed by atoms with Gasteiger partial charge in [0.15, 0.2) is 0 Å². The van der Waals surface area contributed by atoms with Crippen LogP contribution in [0.15, 0.2) is 0 Å². The molecule has 0 rings (SSSR count). The Labute approximate surface area is 166 Å². The van der Waals surface area contributed by atoms with Gasteiger partial charge in [-0.25, -0.2) is 8.42 Å². The molecule has 0 amide bonds. The van der Waals surface area contributed by atoms with Gasteiger partial charge < -0.3 is 0 Å². The smallest absolute Gasteiger partial charge is 0.206 e. The summed E-state index contributed by atoms with van der Waals surface area (Å²) in [7, 11) is -7.19. The zero-order valence-corrected chi connectivity index (χ0v) is 15.6. The third kappa shape index (κ3) is 3.56. The van der Waals surface area contributed by atoms with Crippen molar-refractivity contribution in [3.63, 3.8) is 0 Å². The standard InChI is InChI=1S/C11H8F17NO2S/c1-3-29(2)32(30,31)11(27,28)9(22,23)7(18,19)5(14,15)4(12,13)6(16,17)8(20,21)10(24,25)26/h3H2,1-2H3. The number of nitrogens with zero attached hydrogens (tertiary/aromatic N) is 1. The Morgan fingerprint density at radius 3 is 1.03 bits per heavy atom. The molecule has 0 fully saturated rings. The molecule has 0 atom stereocenters. The van der Waals surface area contributed by atoms with Gasteiger partial charge >= 0.3 is 47.0 Å². The first-order valence-electron chi connectivity index (χ1n) is 7.15. The highest BCUT2D eigenvalue weighted by atomic mass is 32.2. The quantitative estimate of drug-likeness (QED) is 0.375. The summed E-state index contributed by atoms with van der Waals surface area (Å²) in [6.45, 7) is -0.686. The number of hydrogen-bond donors (Lipinski definition) is 0. The molecule has 0 radical (unpaired) electrons. The molecule has 0 aliphatic rings. The molecule has 0 heterocycles. The van der Waals surface area contributed by atoms with Crippen molar-refractivity contribution < 1.29 is 83.1 Å². The fraction of sp³-hybridized carbons (Fsp3) is 1.00. The largest absolute Gasteiger partial charge is 0.460 e.